The number of rotatable bonds is 8. The zero-order valence-electron chi connectivity index (χ0n) is 12.9. The first-order chi connectivity index (χ1) is 9.08. The van der Waals surface area contributed by atoms with Crippen LogP contribution in [0.1, 0.15) is 53.4 Å². The Kier molecular flexibility index (Phi) is 7.39. The van der Waals surface area contributed by atoms with Crippen molar-refractivity contribution >= 4 is 5.97 Å². The lowest BCUT2D eigenvalue weighted by Gasteiger charge is -2.31. The van der Waals surface area contributed by atoms with Crippen LogP contribution in [0.4, 0.5) is 0 Å². The summed E-state index contributed by atoms with van der Waals surface area (Å²) in [6, 6.07) is 0.730. The van der Waals surface area contributed by atoms with E-state index in [-0.39, 0.29) is 18.1 Å². The third-order valence-corrected chi connectivity index (χ3v) is 3.77. The summed E-state index contributed by atoms with van der Waals surface area (Å²) in [5, 5.41) is 3.34. The van der Waals surface area contributed by atoms with E-state index in [4.69, 9.17) is 4.74 Å². The minimum absolute atomic E-state index is 0.118. The van der Waals surface area contributed by atoms with Gasteiger partial charge >= 0.3 is 5.97 Å². The fourth-order valence-corrected chi connectivity index (χ4v) is 2.88. The van der Waals surface area contributed by atoms with Gasteiger partial charge in [-0.05, 0) is 26.3 Å². The normalized spacial score (nSPS) is 18.2. The number of ether oxygens (including phenoxy) is 1. The number of hydrogen-bond acceptors (Lipinski definition) is 4. The zero-order valence-corrected chi connectivity index (χ0v) is 12.9. The highest BCUT2D eigenvalue weighted by Crippen LogP contribution is 2.23. The van der Waals surface area contributed by atoms with Crippen LogP contribution in [0.2, 0.25) is 0 Å². The number of carbonyl (C=O) groups excluding carboxylic acids is 1. The molecule has 1 aliphatic carbocycles. The molecular weight excluding hydrogens is 240 g/mol. The summed E-state index contributed by atoms with van der Waals surface area (Å²) in [5.41, 5.74) is 0. The minimum Gasteiger partial charge on any atom is -0.465 e. The van der Waals surface area contributed by atoms with Gasteiger partial charge in [0.15, 0.2) is 0 Å². The van der Waals surface area contributed by atoms with Gasteiger partial charge in [-0.25, -0.2) is 0 Å². The molecule has 1 fully saturated rings. The summed E-state index contributed by atoms with van der Waals surface area (Å²) < 4.78 is 5.18. The Labute approximate surface area is 117 Å². The first-order valence-corrected chi connectivity index (χ1v) is 7.75. The predicted molar refractivity (Wildman–Crippen MR) is 78.2 cm³/mol. The van der Waals surface area contributed by atoms with Gasteiger partial charge in [0.25, 0.3) is 0 Å². The van der Waals surface area contributed by atoms with Crippen LogP contribution in [0.3, 0.4) is 0 Å². The fourth-order valence-electron chi connectivity index (χ4n) is 2.88. The maximum Gasteiger partial charge on any atom is 0.324 e. The van der Waals surface area contributed by atoms with Crippen molar-refractivity contribution in [1.82, 2.24) is 10.2 Å². The van der Waals surface area contributed by atoms with Gasteiger partial charge in [0, 0.05) is 18.6 Å². The van der Waals surface area contributed by atoms with Gasteiger partial charge in [-0.15, -0.1) is 0 Å². The molecule has 19 heavy (non-hydrogen) atoms. The molecular formula is C15H30N2O2. The summed E-state index contributed by atoms with van der Waals surface area (Å²) in [6.07, 6.45) is 5.18. The average Bonchev–Trinajstić information content (AvgIpc) is 2.87. The van der Waals surface area contributed by atoms with Crippen LogP contribution in [0.15, 0.2) is 0 Å². The number of esters is 1. The Balaban J connectivity index is 2.59. The van der Waals surface area contributed by atoms with E-state index in [0.717, 1.165) is 13.1 Å². The van der Waals surface area contributed by atoms with Crippen molar-refractivity contribution in [3.8, 4) is 0 Å². The van der Waals surface area contributed by atoms with E-state index in [1.807, 2.05) is 6.92 Å². The van der Waals surface area contributed by atoms with Crippen LogP contribution in [0.5, 0.6) is 0 Å². The molecule has 1 atom stereocenters. The SMILES string of the molecule is CCOC(=O)C(CN(CC)C1CCCC1)NC(C)C. The van der Waals surface area contributed by atoms with E-state index >= 15 is 0 Å². The molecule has 0 aliphatic heterocycles. The van der Waals surface area contributed by atoms with E-state index in [0.29, 0.717) is 12.6 Å². The smallest absolute Gasteiger partial charge is 0.324 e. The molecule has 0 aromatic rings. The number of likely N-dealkylation sites (N-methyl/N-ethyl adjacent to an activating group) is 1. The molecule has 0 aromatic carbocycles. The van der Waals surface area contributed by atoms with Gasteiger partial charge in [-0.1, -0.05) is 33.6 Å². The molecule has 0 spiro atoms. The second-order valence-corrected chi connectivity index (χ2v) is 5.65. The van der Waals surface area contributed by atoms with E-state index in [2.05, 4.69) is 31.0 Å². The van der Waals surface area contributed by atoms with Gasteiger partial charge in [-0.2, -0.15) is 0 Å². The molecule has 4 nitrogen and oxygen atoms in total. The number of hydrogen-bond donors (Lipinski definition) is 1. The van der Waals surface area contributed by atoms with E-state index in [1.54, 1.807) is 0 Å². The summed E-state index contributed by atoms with van der Waals surface area (Å²) in [4.78, 5) is 14.5. The molecule has 0 heterocycles. The van der Waals surface area contributed by atoms with Crippen LogP contribution < -0.4 is 5.32 Å². The quantitative estimate of drug-likeness (QED) is 0.686. The summed E-state index contributed by atoms with van der Waals surface area (Å²) in [6.45, 7) is 10.4. The van der Waals surface area contributed by atoms with Crippen molar-refractivity contribution in [2.75, 3.05) is 19.7 Å². The summed E-state index contributed by atoms with van der Waals surface area (Å²) in [5.74, 6) is -0.118. The number of nitrogens with one attached hydrogen (secondary N) is 1. The molecule has 4 heteroatoms. The molecule has 0 radical (unpaired) electrons. The van der Waals surface area contributed by atoms with Gasteiger partial charge < -0.3 is 10.1 Å². The van der Waals surface area contributed by atoms with Crippen LogP contribution in [-0.4, -0.2) is 48.7 Å². The fraction of sp³-hybridized carbons (Fsp3) is 0.933. The molecule has 0 bridgehead atoms. The zero-order chi connectivity index (χ0) is 14.3. The third kappa shape index (κ3) is 5.49. The van der Waals surface area contributed by atoms with Crippen molar-refractivity contribution in [2.45, 2.75) is 71.5 Å². The predicted octanol–water partition coefficient (Wildman–Crippen LogP) is 2.18. The van der Waals surface area contributed by atoms with E-state index in [9.17, 15) is 4.79 Å². The average molecular weight is 270 g/mol. The van der Waals surface area contributed by atoms with Crippen LogP contribution in [0, 0.1) is 0 Å². The highest BCUT2D eigenvalue weighted by atomic mass is 16.5. The number of carbonyl (C=O) groups is 1. The summed E-state index contributed by atoms with van der Waals surface area (Å²) in [7, 11) is 0. The second-order valence-electron chi connectivity index (χ2n) is 5.65. The lowest BCUT2D eigenvalue weighted by Crippen LogP contribution is -2.51. The first kappa shape index (κ1) is 16.4. The Hall–Kier alpha value is -0.610. The maximum atomic E-state index is 12.0. The van der Waals surface area contributed by atoms with E-state index < -0.39 is 0 Å². The lowest BCUT2D eigenvalue weighted by molar-refractivity contribution is -0.146. The standard InChI is InChI=1S/C15H30N2O2/c1-5-17(13-9-7-8-10-13)11-14(16-12(3)4)15(18)19-6-2/h12-14,16H,5-11H2,1-4H3. The molecule has 112 valence electrons. The topological polar surface area (TPSA) is 41.6 Å². The molecule has 0 amide bonds. The number of nitrogens with zero attached hydrogens (tertiary/aromatic N) is 1. The van der Waals surface area contributed by atoms with Crippen LogP contribution in [-0.2, 0) is 9.53 Å². The van der Waals surface area contributed by atoms with Gasteiger partial charge in [0.2, 0.25) is 0 Å². The Morgan fingerprint density at radius 3 is 2.42 bits per heavy atom. The Bertz CT molecular complexity index is 263. The minimum atomic E-state index is -0.208. The third-order valence-electron chi connectivity index (χ3n) is 3.77. The van der Waals surface area contributed by atoms with E-state index in [1.165, 1.54) is 25.7 Å². The molecule has 1 aliphatic rings. The van der Waals surface area contributed by atoms with Crippen molar-refractivity contribution in [3.05, 3.63) is 0 Å². The highest BCUT2D eigenvalue weighted by Gasteiger charge is 2.28. The maximum absolute atomic E-state index is 12.0. The molecule has 0 aromatic heterocycles. The lowest BCUT2D eigenvalue weighted by atomic mass is 10.1. The molecule has 1 unspecified atom stereocenters. The summed E-state index contributed by atoms with van der Waals surface area (Å²) >= 11 is 0. The second kappa shape index (κ2) is 8.54. The van der Waals surface area contributed by atoms with Crippen molar-refractivity contribution in [3.63, 3.8) is 0 Å². The van der Waals surface area contributed by atoms with Crippen LogP contribution >= 0.6 is 0 Å². The molecule has 0 saturated heterocycles. The highest BCUT2D eigenvalue weighted by molar-refractivity contribution is 5.76. The van der Waals surface area contributed by atoms with Gasteiger partial charge in [0.05, 0.1) is 6.61 Å². The monoisotopic (exact) mass is 270 g/mol. The molecule has 1 saturated carbocycles. The van der Waals surface area contributed by atoms with Crippen molar-refractivity contribution < 1.29 is 9.53 Å². The van der Waals surface area contributed by atoms with Crippen molar-refractivity contribution in [2.24, 2.45) is 0 Å². The van der Waals surface area contributed by atoms with Crippen molar-refractivity contribution in [1.29, 1.82) is 0 Å². The molecule has 1 N–H and O–H groups in total. The Morgan fingerprint density at radius 1 is 1.32 bits per heavy atom. The largest absolute Gasteiger partial charge is 0.465 e. The first-order valence-electron chi connectivity index (χ1n) is 7.75. The molecule has 1 rings (SSSR count). The van der Waals surface area contributed by atoms with Crippen LogP contribution in [0.25, 0.3) is 0 Å². The van der Waals surface area contributed by atoms with Gasteiger partial charge in [-0.3, -0.25) is 9.69 Å². The Morgan fingerprint density at radius 2 is 1.95 bits per heavy atom. The van der Waals surface area contributed by atoms with Gasteiger partial charge in [0.1, 0.15) is 6.04 Å².